The van der Waals surface area contributed by atoms with Crippen LogP contribution in [0.25, 0.3) is 10.3 Å². The highest BCUT2D eigenvalue weighted by atomic mass is 32.1. The molecule has 4 nitrogen and oxygen atoms in total. The number of nitrogens with zero attached hydrogens (tertiary/aromatic N) is 2. The lowest BCUT2D eigenvalue weighted by atomic mass is 9.87. The third kappa shape index (κ3) is 2.02. The Morgan fingerprint density at radius 3 is 2.95 bits per heavy atom. The molecule has 0 spiro atoms. The predicted molar refractivity (Wildman–Crippen MR) is 74.2 cm³/mol. The number of thiazole rings is 1. The van der Waals surface area contributed by atoms with E-state index in [2.05, 4.69) is 9.97 Å². The van der Waals surface area contributed by atoms with Crippen LogP contribution in [0.5, 0.6) is 0 Å². The normalized spacial score (nSPS) is 17.7. The summed E-state index contributed by atoms with van der Waals surface area (Å²) in [6, 6.07) is 3.81. The van der Waals surface area contributed by atoms with Crippen molar-refractivity contribution in [1.82, 2.24) is 9.97 Å². The van der Waals surface area contributed by atoms with Crippen molar-refractivity contribution >= 4 is 27.7 Å². The first kappa shape index (κ1) is 12.5. The van der Waals surface area contributed by atoms with Gasteiger partial charge in [-0.1, -0.05) is 24.2 Å². The Morgan fingerprint density at radius 1 is 1.47 bits per heavy atom. The monoisotopic (exact) mass is 276 g/mol. The SMILES string of the molecule is CCOC(=O)C1(c2nc3cccnc3s2)CCCC1. The molecule has 2 aromatic rings. The fourth-order valence-corrected chi connectivity index (χ4v) is 3.87. The second kappa shape index (κ2) is 4.89. The Kier molecular flexibility index (Phi) is 3.22. The molecule has 100 valence electrons. The van der Waals surface area contributed by atoms with E-state index in [1.807, 2.05) is 19.1 Å². The van der Waals surface area contributed by atoms with E-state index in [0.29, 0.717) is 6.61 Å². The second-order valence-corrected chi connectivity index (χ2v) is 5.83. The number of carbonyl (C=O) groups excluding carboxylic acids is 1. The van der Waals surface area contributed by atoms with E-state index in [-0.39, 0.29) is 5.97 Å². The number of ether oxygens (including phenoxy) is 1. The minimum absolute atomic E-state index is 0.119. The number of esters is 1. The van der Waals surface area contributed by atoms with Crippen LogP contribution in [0.2, 0.25) is 0 Å². The lowest BCUT2D eigenvalue weighted by molar-refractivity contribution is -0.150. The minimum Gasteiger partial charge on any atom is -0.465 e. The van der Waals surface area contributed by atoms with E-state index in [9.17, 15) is 4.79 Å². The molecule has 0 saturated heterocycles. The molecule has 1 aliphatic rings. The molecule has 19 heavy (non-hydrogen) atoms. The van der Waals surface area contributed by atoms with Crippen LogP contribution in [-0.4, -0.2) is 22.5 Å². The zero-order valence-corrected chi connectivity index (χ0v) is 11.7. The molecule has 0 atom stereocenters. The van der Waals surface area contributed by atoms with Crippen molar-refractivity contribution in [2.24, 2.45) is 0 Å². The molecule has 1 saturated carbocycles. The summed E-state index contributed by atoms with van der Waals surface area (Å²) in [4.78, 5) is 22.2. The van der Waals surface area contributed by atoms with Crippen LogP contribution >= 0.6 is 11.3 Å². The minimum atomic E-state index is -0.526. The van der Waals surface area contributed by atoms with Crippen LogP contribution in [0, 0.1) is 0 Å². The van der Waals surface area contributed by atoms with Crippen LogP contribution in [0.15, 0.2) is 18.3 Å². The molecule has 2 heterocycles. The Labute approximate surface area is 115 Å². The van der Waals surface area contributed by atoms with Crippen LogP contribution in [0.3, 0.4) is 0 Å². The van der Waals surface area contributed by atoms with Crippen LogP contribution in [0.4, 0.5) is 0 Å². The maximum Gasteiger partial charge on any atom is 0.319 e. The third-order valence-corrected chi connectivity index (χ3v) is 4.88. The van der Waals surface area contributed by atoms with Crippen molar-refractivity contribution in [3.8, 4) is 0 Å². The van der Waals surface area contributed by atoms with Gasteiger partial charge in [0.2, 0.25) is 0 Å². The quantitative estimate of drug-likeness (QED) is 0.808. The summed E-state index contributed by atoms with van der Waals surface area (Å²) in [6.45, 7) is 2.27. The van der Waals surface area contributed by atoms with Gasteiger partial charge in [-0.3, -0.25) is 4.79 Å². The summed E-state index contributed by atoms with van der Waals surface area (Å²) in [7, 11) is 0. The van der Waals surface area contributed by atoms with Crippen molar-refractivity contribution < 1.29 is 9.53 Å². The van der Waals surface area contributed by atoms with E-state index >= 15 is 0 Å². The molecule has 1 aliphatic carbocycles. The lowest BCUT2D eigenvalue weighted by Gasteiger charge is -2.23. The topological polar surface area (TPSA) is 52.1 Å². The van der Waals surface area contributed by atoms with Gasteiger partial charge in [0, 0.05) is 6.20 Å². The average Bonchev–Trinajstić information content (AvgIpc) is 3.06. The van der Waals surface area contributed by atoms with Gasteiger partial charge in [0.15, 0.2) is 0 Å². The van der Waals surface area contributed by atoms with Crippen LogP contribution < -0.4 is 0 Å². The highest BCUT2D eigenvalue weighted by Crippen LogP contribution is 2.44. The van der Waals surface area contributed by atoms with E-state index in [1.165, 1.54) is 11.3 Å². The molecule has 0 radical (unpaired) electrons. The molecule has 0 aromatic carbocycles. The van der Waals surface area contributed by atoms with Crippen LogP contribution in [-0.2, 0) is 14.9 Å². The maximum absolute atomic E-state index is 12.4. The van der Waals surface area contributed by atoms with Gasteiger partial charge >= 0.3 is 5.97 Å². The molecule has 3 rings (SSSR count). The summed E-state index contributed by atoms with van der Waals surface area (Å²) in [5.41, 5.74) is 0.347. The fourth-order valence-electron chi connectivity index (χ4n) is 2.73. The summed E-state index contributed by atoms with van der Waals surface area (Å²) < 4.78 is 5.29. The Morgan fingerprint density at radius 2 is 2.26 bits per heavy atom. The van der Waals surface area contributed by atoms with Gasteiger partial charge in [-0.15, -0.1) is 0 Å². The Balaban J connectivity index is 2.06. The zero-order chi connectivity index (χ0) is 13.3. The highest BCUT2D eigenvalue weighted by Gasteiger charge is 2.46. The molecular formula is C14H16N2O2S. The van der Waals surface area contributed by atoms with Crippen LogP contribution in [0.1, 0.15) is 37.6 Å². The Hall–Kier alpha value is -1.49. The molecular weight excluding hydrogens is 260 g/mol. The average molecular weight is 276 g/mol. The predicted octanol–water partition coefficient (Wildman–Crippen LogP) is 3.07. The molecule has 0 aliphatic heterocycles. The number of fused-ring (bicyclic) bond motifs is 1. The molecule has 2 aromatic heterocycles. The molecule has 0 N–H and O–H groups in total. The first-order chi connectivity index (χ1) is 9.26. The smallest absolute Gasteiger partial charge is 0.319 e. The molecule has 1 fully saturated rings. The summed E-state index contributed by atoms with van der Waals surface area (Å²) in [5.74, 6) is -0.119. The number of pyridine rings is 1. The number of carbonyl (C=O) groups is 1. The maximum atomic E-state index is 12.4. The molecule has 0 bridgehead atoms. The summed E-state index contributed by atoms with van der Waals surface area (Å²) >= 11 is 1.52. The van der Waals surface area contributed by atoms with Gasteiger partial charge in [-0.2, -0.15) is 0 Å². The first-order valence-electron chi connectivity index (χ1n) is 6.65. The van der Waals surface area contributed by atoms with Gasteiger partial charge in [-0.05, 0) is 31.9 Å². The highest BCUT2D eigenvalue weighted by molar-refractivity contribution is 7.18. The van der Waals surface area contributed by atoms with Gasteiger partial charge < -0.3 is 4.74 Å². The lowest BCUT2D eigenvalue weighted by Crippen LogP contribution is -2.34. The van der Waals surface area contributed by atoms with E-state index in [1.54, 1.807) is 6.20 Å². The third-order valence-electron chi connectivity index (χ3n) is 3.70. The van der Waals surface area contributed by atoms with Crippen molar-refractivity contribution in [2.75, 3.05) is 6.61 Å². The summed E-state index contributed by atoms with van der Waals surface area (Å²) in [6.07, 6.45) is 5.55. The van der Waals surface area contributed by atoms with E-state index in [4.69, 9.17) is 4.74 Å². The van der Waals surface area contributed by atoms with Crippen molar-refractivity contribution in [1.29, 1.82) is 0 Å². The van der Waals surface area contributed by atoms with Crippen molar-refractivity contribution in [2.45, 2.75) is 38.0 Å². The van der Waals surface area contributed by atoms with Gasteiger partial charge in [-0.25, -0.2) is 9.97 Å². The van der Waals surface area contributed by atoms with Gasteiger partial charge in [0.05, 0.1) is 6.61 Å². The summed E-state index contributed by atoms with van der Waals surface area (Å²) in [5, 5.41) is 0.872. The van der Waals surface area contributed by atoms with E-state index in [0.717, 1.165) is 41.0 Å². The largest absolute Gasteiger partial charge is 0.465 e. The standard InChI is InChI=1S/C14H16N2O2S/c1-2-18-13(17)14(7-3-4-8-14)12-16-10-6-5-9-15-11(10)19-12/h5-6,9H,2-4,7-8H2,1H3. The van der Waals surface area contributed by atoms with Crippen molar-refractivity contribution in [3.05, 3.63) is 23.3 Å². The van der Waals surface area contributed by atoms with Gasteiger partial charge in [0.1, 0.15) is 20.8 Å². The number of aromatic nitrogens is 2. The van der Waals surface area contributed by atoms with Gasteiger partial charge in [0.25, 0.3) is 0 Å². The number of hydrogen-bond acceptors (Lipinski definition) is 5. The molecule has 0 amide bonds. The number of hydrogen-bond donors (Lipinski definition) is 0. The second-order valence-electron chi connectivity index (χ2n) is 4.86. The zero-order valence-electron chi connectivity index (χ0n) is 10.9. The van der Waals surface area contributed by atoms with E-state index < -0.39 is 5.41 Å². The number of rotatable bonds is 3. The molecule has 5 heteroatoms. The Bertz CT molecular complexity index is 569. The molecule has 0 unspecified atom stereocenters. The van der Waals surface area contributed by atoms with Crippen molar-refractivity contribution in [3.63, 3.8) is 0 Å². The first-order valence-corrected chi connectivity index (χ1v) is 7.47. The fraction of sp³-hybridized carbons (Fsp3) is 0.500.